The number of methoxy groups -OCH3 is 1. The van der Waals surface area contributed by atoms with Crippen LogP contribution in [0.25, 0.3) is 11.3 Å². The summed E-state index contributed by atoms with van der Waals surface area (Å²) in [4.78, 5) is 7.22. The molecule has 0 atom stereocenters. The van der Waals surface area contributed by atoms with Gasteiger partial charge in [-0.2, -0.15) is 0 Å². The van der Waals surface area contributed by atoms with E-state index in [9.17, 15) is 0 Å². The molecule has 0 spiro atoms. The third kappa shape index (κ3) is 2.22. The Bertz CT molecular complexity index is 605. The average molecular weight is 246 g/mol. The zero-order chi connectivity index (χ0) is 12.4. The summed E-state index contributed by atoms with van der Waals surface area (Å²) in [6, 6.07) is 5.98. The largest absolute Gasteiger partial charge is 0.497 e. The summed E-state index contributed by atoms with van der Waals surface area (Å²) >= 11 is 5.18. The van der Waals surface area contributed by atoms with Crippen LogP contribution in [-0.2, 0) is 0 Å². The topological polar surface area (TPSA) is 37.9 Å². The van der Waals surface area contributed by atoms with Crippen molar-refractivity contribution in [2.24, 2.45) is 0 Å². The van der Waals surface area contributed by atoms with Crippen molar-refractivity contribution in [2.75, 3.05) is 7.11 Å². The molecule has 0 fully saturated rings. The molecule has 17 heavy (non-hydrogen) atoms. The second-order valence-electron chi connectivity index (χ2n) is 3.89. The molecular weight excluding hydrogens is 232 g/mol. The normalized spacial score (nSPS) is 10.3. The van der Waals surface area contributed by atoms with Gasteiger partial charge in [0.15, 0.2) is 0 Å². The van der Waals surface area contributed by atoms with E-state index >= 15 is 0 Å². The van der Waals surface area contributed by atoms with Crippen molar-refractivity contribution in [3.8, 4) is 17.0 Å². The Labute approximate surface area is 105 Å². The second-order valence-corrected chi connectivity index (χ2v) is 4.28. The Kier molecular flexibility index (Phi) is 3.24. The molecule has 1 aromatic heterocycles. The van der Waals surface area contributed by atoms with Crippen molar-refractivity contribution >= 4 is 12.2 Å². The van der Waals surface area contributed by atoms with Crippen LogP contribution in [-0.4, -0.2) is 17.1 Å². The molecule has 0 aliphatic carbocycles. The van der Waals surface area contributed by atoms with Crippen LogP contribution < -0.4 is 4.74 Å². The number of aryl methyl sites for hydroxylation is 1. The lowest BCUT2D eigenvalue weighted by atomic mass is 10.0. The quantitative estimate of drug-likeness (QED) is 0.825. The first-order valence-electron chi connectivity index (χ1n) is 5.33. The Morgan fingerprint density at radius 2 is 2.06 bits per heavy atom. The first kappa shape index (κ1) is 11.8. The molecule has 0 unspecified atom stereocenters. The number of nitrogens with one attached hydrogen (secondary N) is 1. The molecule has 1 N–H and O–H groups in total. The molecule has 0 aliphatic heterocycles. The van der Waals surface area contributed by atoms with Gasteiger partial charge in [0, 0.05) is 11.1 Å². The lowest BCUT2D eigenvalue weighted by Gasteiger charge is -2.10. The minimum absolute atomic E-state index is 0.633. The number of H-pyrrole nitrogens is 1. The molecule has 4 heteroatoms. The maximum atomic E-state index is 5.20. The standard InChI is InChI=1S/C13H14N2OS/c1-8-6-10(16-3)4-5-11(8)12-9(2)13(17)15-7-14-12/h4-7H,1-3H3,(H,14,15,17). The van der Waals surface area contributed by atoms with E-state index in [1.165, 1.54) is 0 Å². The highest BCUT2D eigenvalue weighted by atomic mass is 32.1. The van der Waals surface area contributed by atoms with Crippen molar-refractivity contribution < 1.29 is 4.74 Å². The van der Waals surface area contributed by atoms with E-state index in [1.807, 2.05) is 25.1 Å². The fourth-order valence-electron chi connectivity index (χ4n) is 1.79. The van der Waals surface area contributed by atoms with Crippen molar-refractivity contribution in [1.29, 1.82) is 0 Å². The van der Waals surface area contributed by atoms with Crippen molar-refractivity contribution in [3.63, 3.8) is 0 Å². The lowest BCUT2D eigenvalue weighted by Crippen LogP contribution is -1.94. The van der Waals surface area contributed by atoms with Crippen LogP contribution in [0, 0.1) is 18.5 Å². The number of rotatable bonds is 2. The molecule has 0 amide bonds. The van der Waals surface area contributed by atoms with Gasteiger partial charge in [0.1, 0.15) is 10.4 Å². The number of aromatic amines is 1. The molecule has 2 aromatic rings. The van der Waals surface area contributed by atoms with Crippen LogP contribution in [0.1, 0.15) is 11.1 Å². The Morgan fingerprint density at radius 3 is 2.71 bits per heavy atom. The SMILES string of the molecule is COc1ccc(-c2[nH]cnc(=S)c2C)c(C)c1. The highest BCUT2D eigenvalue weighted by Crippen LogP contribution is 2.27. The summed E-state index contributed by atoms with van der Waals surface area (Å²) in [5.74, 6) is 0.858. The zero-order valence-corrected chi connectivity index (χ0v) is 10.9. The Balaban J connectivity index is 2.61. The van der Waals surface area contributed by atoms with Gasteiger partial charge in [0.05, 0.1) is 19.1 Å². The first-order chi connectivity index (χ1) is 8.13. The molecule has 0 aliphatic rings. The number of nitrogens with zero attached hydrogens (tertiary/aromatic N) is 1. The van der Waals surface area contributed by atoms with Crippen LogP contribution in [0.4, 0.5) is 0 Å². The van der Waals surface area contributed by atoms with E-state index in [2.05, 4.69) is 16.9 Å². The van der Waals surface area contributed by atoms with E-state index < -0.39 is 0 Å². The fourth-order valence-corrected chi connectivity index (χ4v) is 1.95. The lowest BCUT2D eigenvalue weighted by molar-refractivity contribution is 0.414. The maximum Gasteiger partial charge on any atom is 0.132 e. The van der Waals surface area contributed by atoms with E-state index in [0.717, 1.165) is 28.1 Å². The summed E-state index contributed by atoms with van der Waals surface area (Å²) in [7, 11) is 1.67. The highest BCUT2D eigenvalue weighted by Gasteiger charge is 2.07. The number of aromatic nitrogens is 2. The zero-order valence-electron chi connectivity index (χ0n) is 10.1. The van der Waals surface area contributed by atoms with Gasteiger partial charge < -0.3 is 9.72 Å². The van der Waals surface area contributed by atoms with E-state index in [0.29, 0.717) is 4.64 Å². The summed E-state index contributed by atoms with van der Waals surface area (Å²) < 4.78 is 5.83. The van der Waals surface area contributed by atoms with Crippen LogP contribution >= 0.6 is 12.2 Å². The average Bonchev–Trinajstić information content (AvgIpc) is 2.33. The van der Waals surface area contributed by atoms with Crippen LogP contribution in [0.2, 0.25) is 0 Å². The third-order valence-corrected chi connectivity index (χ3v) is 3.20. The number of benzene rings is 1. The molecule has 0 saturated carbocycles. The summed E-state index contributed by atoms with van der Waals surface area (Å²) in [6.45, 7) is 4.03. The predicted molar refractivity (Wildman–Crippen MR) is 70.9 cm³/mol. The van der Waals surface area contributed by atoms with Crippen LogP contribution in [0.5, 0.6) is 5.75 Å². The second kappa shape index (κ2) is 4.67. The Hall–Kier alpha value is -1.68. The first-order valence-corrected chi connectivity index (χ1v) is 5.73. The van der Waals surface area contributed by atoms with Crippen molar-refractivity contribution in [1.82, 2.24) is 9.97 Å². The van der Waals surface area contributed by atoms with E-state index in [-0.39, 0.29) is 0 Å². The van der Waals surface area contributed by atoms with Gasteiger partial charge in [-0.05, 0) is 37.6 Å². The van der Waals surface area contributed by atoms with Crippen LogP contribution in [0.3, 0.4) is 0 Å². The van der Waals surface area contributed by atoms with Crippen LogP contribution in [0.15, 0.2) is 24.5 Å². The molecule has 0 radical (unpaired) electrons. The number of hydrogen-bond acceptors (Lipinski definition) is 3. The minimum atomic E-state index is 0.633. The smallest absolute Gasteiger partial charge is 0.132 e. The van der Waals surface area contributed by atoms with E-state index in [1.54, 1.807) is 13.4 Å². The van der Waals surface area contributed by atoms with Crippen molar-refractivity contribution in [3.05, 3.63) is 40.3 Å². The van der Waals surface area contributed by atoms with Gasteiger partial charge >= 0.3 is 0 Å². The summed E-state index contributed by atoms with van der Waals surface area (Å²) in [5.41, 5.74) is 4.28. The number of hydrogen-bond donors (Lipinski definition) is 1. The monoisotopic (exact) mass is 246 g/mol. The van der Waals surface area contributed by atoms with Gasteiger partial charge in [-0.1, -0.05) is 12.2 Å². The van der Waals surface area contributed by atoms with E-state index in [4.69, 9.17) is 17.0 Å². The molecule has 0 saturated heterocycles. The molecule has 0 bridgehead atoms. The van der Waals surface area contributed by atoms with Gasteiger partial charge in [-0.3, -0.25) is 0 Å². The number of ether oxygens (including phenoxy) is 1. The van der Waals surface area contributed by atoms with Gasteiger partial charge in [-0.25, -0.2) is 4.98 Å². The molecule has 1 heterocycles. The summed E-state index contributed by atoms with van der Waals surface area (Å²) in [5, 5.41) is 0. The Morgan fingerprint density at radius 1 is 1.29 bits per heavy atom. The molecule has 88 valence electrons. The van der Waals surface area contributed by atoms with Gasteiger partial charge in [0.2, 0.25) is 0 Å². The van der Waals surface area contributed by atoms with Crippen molar-refractivity contribution in [2.45, 2.75) is 13.8 Å². The van der Waals surface area contributed by atoms with Gasteiger partial charge in [0.25, 0.3) is 0 Å². The molecule has 3 nitrogen and oxygen atoms in total. The minimum Gasteiger partial charge on any atom is -0.497 e. The molecule has 2 rings (SSSR count). The fraction of sp³-hybridized carbons (Fsp3) is 0.231. The third-order valence-electron chi connectivity index (χ3n) is 2.79. The summed E-state index contributed by atoms with van der Waals surface area (Å²) in [6.07, 6.45) is 1.63. The molecular formula is C13H14N2OS. The van der Waals surface area contributed by atoms with Gasteiger partial charge in [-0.15, -0.1) is 0 Å². The molecule has 1 aromatic carbocycles. The maximum absolute atomic E-state index is 5.20. The highest BCUT2D eigenvalue weighted by molar-refractivity contribution is 7.71. The predicted octanol–water partition coefficient (Wildman–Crippen LogP) is 3.43.